The van der Waals surface area contributed by atoms with E-state index in [0.29, 0.717) is 5.92 Å². The molecule has 2 N–H and O–H groups in total. The lowest BCUT2D eigenvalue weighted by molar-refractivity contribution is 0.191. The van der Waals surface area contributed by atoms with Crippen LogP contribution < -0.4 is 5.73 Å². The number of hydrogen-bond donors (Lipinski definition) is 1. The smallest absolute Gasteiger partial charge is 0.0492 e. The summed E-state index contributed by atoms with van der Waals surface area (Å²) in [7, 11) is 2.00. The molecule has 0 radical (unpaired) electrons. The van der Waals surface area contributed by atoms with E-state index < -0.39 is 0 Å². The molecule has 1 heterocycles. The predicted octanol–water partition coefficient (Wildman–Crippen LogP) is 2.26. The fourth-order valence-electron chi connectivity index (χ4n) is 2.82. The molecule has 3 nitrogen and oxygen atoms in total. The molecule has 2 unspecified atom stereocenters. The molecular weight excluding hydrogens is 198 g/mol. The third-order valence-corrected chi connectivity index (χ3v) is 4.28. The Kier molecular flexibility index (Phi) is 3.33. The monoisotopic (exact) mass is 221 g/mol. The average molecular weight is 221 g/mol. The van der Waals surface area contributed by atoms with E-state index in [-0.39, 0.29) is 5.54 Å². The molecule has 1 fully saturated rings. The zero-order chi connectivity index (χ0) is 11.6. The second-order valence-corrected chi connectivity index (χ2v) is 5.33. The van der Waals surface area contributed by atoms with Gasteiger partial charge in [-0.1, -0.05) is 19.8 Å². The average Bonchev–Trinajstić information content (AvgIpc) is 2.66. The Hall–Kier alpha value is -0.830. The standard InChI is InChI=1S/C13H23N3/c1-11-5-3-4-8-13(11,14)9-6-12-7-10-15-16(12)2/h7,10-11H,3-6,8-9,14H2,1-2H3. The van der Waals surface area contributed by atoms with Crippen LogP contribution in [0.4, 0.5) is 0 Å². The van der Waals surface area contributed by atoms with Crippen LogP contribution in [0.2, 0.25) is 0 Å². The van der Waals surface area contributed by atoms with Crippen molar-refractivity contribution in [2.75, 3.05) is 0 Å². The molecule has 1 aliphatic rings. The zero-order valence-electron chi connectivity index (χ0n) is 10.4. The fraction of sp³-hybridized carbons (Fsp3) is 0.769. The maximum Gasteiger partial charge on any atom is 0.0492 e. The molecule has 2 atom stereocenters. The van der Waals surface area contributed by atoms with Gasteiger partial charge in [0.15, 0.2) is 0 Å². The minimum Gasteiger partial charge on any atom is -0.325 e. The predicted molar refractivity (Wildman–Crippen MR) is 66.1 cm³/mol. The third-order valence-electron chi connectivity index (χ3n) is 4.28. The Morgan fingerprint density at radius 2 is 2.38 bits per heavy atom. The second kappa shape index (κ2) is 4.58. The molecule has 0 amide bonds. The molecule has 0 spiro atoms. The van der Waals surface area contributed by atoms with Crippen molar-refractivity contribution in [1.29, 1.82) is 0 Å². The molecule has 3 heteroatoms. The van der Waals surface area contributed by atoms with Gasteiger partial charge in [-0.3, -0.25) is 4.68 Å². The Labute approximate surface area is 98.0 Å². The van der Waals surface area contributed by atoms with Crippen molar-refractivity contribution in [1.82, 2.24) is 9.78 Å². The highest BCUT2D eigenvalue weighted by atomic mass is 15.2. The highest BCUT2D eigenvalue weighted by Gasteiger charge is 2.33. The quantitative estimate of drug-likeness (QED) is 0.851. The van der Waals surface area contributed by atoms with Crippen LogP contribution in [-0.2, 0) is 13.5 Å². The van der Waals surface area contributed by atoms with Gasteiger partial charge in [-0.05, 0) is 37.7 Å². The molecule has 16 heavy (non-hydrogen) atoms. The van der Waals surface area contributed by atoms with E-state index in [2.05, 4.69) is 18.1 Å². The van der Waals surface area contributed by atoms with Gasteiger partial charge in [-0.2, -0.15) is 5.10 Å². The summed E-state index contributed by atoms with van der Waals surface area (Å²) >= 11 is 0. The molecule has 90 valence electrons. The highest BCUT2D eigenvalue weighted by Crippen LogP contribution is 2.34. The van der Waals surface area contributed by atoms with Gasteiger partial charge < -0.3 is 5.73 Å². The van der Waals surface area contributed by atoms with Gasteiger partial charge in [0.1, 0.15) is 0 Å². The van der Waals surface area contributed by atoms with Gasteiger partial charge in [0.2, 0.25) is 0 Å². The van der Waals surface area contributed by atoms with Crippen molar-refractivity contribution in [3.05, 3.63) is 18.0 Å². The lowest BCUT2D eigenvalue weighted by atomic mass is 9.72. The number of aromatic nitrogens is 2. The van der Waals surface area contributed by atoms with E-state index in [4.69, 9.17) is 5.73 Å². The molecule has 0 saturated heterocycles. The number of nitrogens with zero attached hydrogens (tertiary/aromatic N) is 2. The lowest BCUT2D eigenvalue weighted by Gasteiger charge is -2.39. The lowest BCUT2D eigenvalue weighted by Crippen LogP contribution is -2.48. The van der Waals surface area contributed by atoms with Gasteiger partial charge in [-0.15, -0.1) is 0 Å². The van der Waals surface area contributed by atoms with E-state index in [1.165, 1.54) is 31.4 Å². The first-order chi connectivity index (χ1) is 7.62. The second-order valence-electron chi connectivity index (χ2n) is 5.33. The normalized spacial score (nSPS) is 30.6. The van der Waals surface area contributed by atoms with Crippen molar-refractivity contribution in [3.8, 4) is 0 Å². The first kappa shape index (κ1) is 11.6. The van der Waals surface area contributed by atoms with E-state index in [1.807, 2.05) is 17.9 Å². The number of nitrogens with two attached hydrogens (primary N) is 1. The minimum absolute atomic E-state index is 0.0581. The topological polar surface area (TPSA) is 43.8 Å². The summed E-state index contributed by atoms with van der Waals surface area (Å²) in [6.07, 6.45) is 9.14. The third kappa shape index (κ3) is 2.29. The van der Waals surface area contributed by atoms with E-state index in [1.54, 1.807) is 0 Å². The van der Waals surface area contributed by atoms with Crippen LogP contribution in [0.3, 0.4) is 0 Å². The summed E-state index contributed by atoms with van der Waals surface area (Å²) in [4.78, 5) is 0. The van der Waals surface area contributed by atoms with Crippen LogP contribution in [0.15, 0.2) is 12.3 Å². The molecule has 0 aliphatic heterocycles. The van der Waals surface area contributed by atoms with Gasteiger partial charge in [0, 0.05) is 24.5 Å². The van der Waals surface area contributed by atoms with Crippen molar-refractivity contribution in [2.45, 2.75) is 51.0 Å². The SMILES string of the molecule is CC1CCCCC1(N)CCc1ccnn1C. The van der Waals surface area contributed by atoms with Crippen LogP contribution in [0, 0.1) is 5.92 Å². The minimum atomic E-state index is 0.0581. The summed E-state index contributed by atoms with van der Waals surface area (Å²) in [5.41, 5.74) is 7.89. The number of rotatable bonds is 3. The molecule has 0 aromatic carbocycles. The molecule has 2 rings (SSSR count). The van der Waals surface area contributed by atoms with E-state index >= 15 is 0 Å². The Morgan fingerprint density at radius 3 is 3.00 bits per heavy atom. The van der Waals surface area contributed by atoms with Crippen molar-refractivity contribution >= 4 is 0 Å². The van der Waals surface area contributed by atoms with Crippen LogP contribution >= 0.6 is 0 Å². The maximum atomic E-state index is 6.54. The Balaban J connectivity index is 1.96. The largest absolute Gasteiger partial charge is 0.325 e. The van der Waals surface area contributed by atoms with Crippen molar-refractivity contribution in [3.63, 3.8) is 0 Å². The fourth-order valence-corrected chi connectivity index (χ4v) is 2.82. The number of aryl methyl sites for hydroxylation is 2. The van der Waals surface area contributed by atoms with E-state index in [9.17, 15) is 0 Å². The van der Waals surface area contributed by atoms with Crippen LogP contribution in [-0.4, -0.2) is 15.3 Å². The molecule has 1 aliphatic carbocycles. The van der Waals surface area contributed by atoms with Crippen molar-refractivity contribution < 1.29 is 0 Å². The molecule has 1 aromatic rings. The van der Waals surface area contributed by atoms with Gasteiger partial charge in [0.25, 0.3) is 0 Å². The maximum absolute atomic E-state index is 6.54. The summed E-state index contributed by atoms with van der Waals surface area (Å²) in [5, 5.41) is 4.20. The number of hydrogen-bond acceptors (Lipinski definition) is 2. The Morgan fingerprint density at radius 1 is 1.56 bits per heavy atom. The van der Waals surface area contributed by atoms with Crippen LogP contribution in [0.5, 0.6) is 0 Å². The first-order valence-corrected chi connectivity index (χ1v) is 6.37. The summed E-state index contributed by atoms with van der Waals surface area (Å²) in [6, 6.07) is 2.09. The van der Waals surface area contributed by atoms with Crippen molar-refractivity contribution in [2.24, 2.45) is 18.7 Å². The Bertz CT molecular complexity index is 345. The summed E-state index contributed by atoms with van der Waals surface area (Å²) < 4.78 is 1.96. The zero-order valence-corrected chi connectivity index (χ0v) is 10.4. The van der Waals surface area contributed by atoms with Gasteiger partial charge >= 0.3 is 0 Å². The molecular formula is C13H23N3. The first-order valence-electron chi connectivity index (χ1n) is 6.37. The highest BCUT2D eigenvalue weighted by molar-refractivity contribution is 5.03. The molecule has 1 saturated carbocycles. The van der Waals surface area contributed by atoms with Gasteiger partial charge in [0.05, 0.1) is 0 Å². The molecule has 1 aromatic heterocycles. The van der Waals surface area contributed by atoms with Crippen LogP contribution in [0.1, 0.15) is 44.7 Å². The van der Waals surface area contributed by atoms with Gasteiger partial charge in [-0.25, -0.2) is 0 Å². The summed E-state index contributed by atoms with van der Waals surface area (Å²) in [5.74, 6) is 0.662. The van der Waals surface area contributed by atoms with E-state index in [0.717, 1.165) is 12.8 Å². The summed E-state index contributed by atoms with van der Waals surface area (Å²) in [6.45, 7) is 2.31. The molecule has 0 bridgehead atoms. The van der Waals surface area contributed by atoms with Crippen LogP contribution in [0.25, 0.3) is 0 Å².